The van der Waals surface area contributed by atoms with Gasteiger partial charge in [-0.3, -0.25) is 9.59 Å². The van der Waals surface area contributed by atoms with Gasteiger partial charge in [0, 0.05) is 32.6 Å². The molecule has 0 fully saturated rings. The Morgan fingerprint density at radius 3 is 2.25 bits per heavy atom. The summed E-state index contributed by atoms with van der Waals surface area (Å²) in [5.41, 5.74) is 0. The number of carbonyl (C=O) groups excluding carboxylic acids is 2. The Balaban J connectivity index is 0. The third kappa shape index (κ3) is 8.12. The molecule has 0 heterocycles. The maximum atomic E-state index is 10.8. The number of esters is 1. The number of rotatable bonds is 5. The van der Waals surface area contributed by atoms with Crippen LogP contribution in [0.2, 0.25) is 0 Å². The normalized spacial score (nSPS) is 8.50. The van der Waals surface area contributed by atoms with Crippen molar-refractivity contribution < 1.29 is 40.5 Å². The quantitative estimate of drug-likeness (QED) is 0.545. The largest absolute Gasteiger partial charge is 0.466 e. The molecule has 0 rings (SSSR count). The Labute approximate surface area is 92.0 Å². The van der Waals surface area contributed by atoms with Gasteiger partial charge in [-0.25, -0.2) is 0 Å². The first kappa shape index (κ1) is 14.5. The molecule has 12 heavy (non-hydrogen) atoms. The van der Waals surface area contributed by atoms with Crippen molar-refractivity contribution in [2.24, 2.45) is 0 Å². The summed E-state index contributed by atoms with van der Waals surface area (Å²) in [6, 6.07) is 0. The zero-order valence-corrected chi connectivity index (χ0v) is 10.0. The molecule has 0 aromatic rings. The molecule has 0 spiro atoms. The molecule has 3 nitrogen and oxygen atoms in total. The van der Waals surface area contributed by atoms with Crippen LogP contribution < -0.4 is 0 Å². The molecule has 0 aliphatic carbocycles. The number of carbonyl (C=O) groups is 2. The second kappa shape index (κ2) is 9.11. The van der Waals surface area contributed by atoms with Crippen LogP contribution in [0.4, 0.5) is 0 Å². The van der Waals surface area contributed by atoms with Crippen molar-refractivity contribution >= 4 is 11.8 Å². The fourth-order valence-electron chi connectivity index (χ4n) is 0.740. The molecule has 0 saturated carbocycles. The Kier molecular flexibility index (Phi) is 11.0. The average Bonchev–Trinajstić information content (AvgIpc) is 1.87. The van der Waals surface area contributed by atoms with E-state index < -0.39 is 5.97 Å². The maximum Gasteiger partial charge on any atom is 0.313 e. The summed E-state index contributed by atoms with van der Waals surface area (Å²) in [6.07, 6.45) is 1.19. The number of hydrogen-bond donors (Lipinski definition) is 0. The van der Waals surface area contributed by atoms with Gasteiger partial charge in [-0.2, -0.15) is 0 Å². The first-order valence-electron chi connectivity index (χ1n) is 3.88. The first-order valence-corrected chi connectivity index (χ1v) is 3.88. The molecule has 0 aliphatic heterocycles. The van der Waals surface area contributed by atoms with E-state index in [4.69, 9.17) is 0 Å². The third-order valence-corrected chi connectivity index (χ3v) is 1.18. The van der Waals surface area contributed by atoms with Crippen molar-refractivity contribution in [1.82, 2.24) is 0 Å². The summed E-state index contributed by atoms with van der Waals surface area (Å²) in [7, 11) is 0. The van der Waals surface area contributed by atoms with Gasteiger partial charge in [-0.05, 0) is 13.3 Å². The average molecular weight is 249 g/mol. The molecule has 0 bridgehead atoms. The van der Waals surface area contributed by atoms with E-state index in [1.54, 1.807) is 6.92 Å². The van der Waals surface area contributed by atoms with Crippen LogP contribution >= 0.6 is 0 Å². The summed E-state index contributed by atoms with van der Waals surface area (Å²) in [5, 5.41) is 0. The van der Waals surface area contributed by atoms with E-state index in [1.807, 2.05) is 6.92 Å². The van der Waals surface area contributed by atoms with E-state index in [0.717, 1.165) is 6.42 Å². The number of Topliss-reactive ketones (excluding diaryl/α,β-unsaturated/α-hetero) is 1. The molecule has 0 saturated heterocycles. The fourth-order valence-corrected chi connectivity index (χ4v) is 0.740. The van der Waals surface area contributed by atoms with Crippen LogP contribution in [-0.4, -0.2) is 18.4 Å². The van der Waals surface area contributed by atoms with Crippen LogP contribution in [0.3, 0.4) is 0 Å². The molecule has 0 aromatic heterocycles. The van der Waals surface area contributed by atoms with E-state index in [1.165, 1.54) is 0 Å². The third-order valence-electron chi connectivity index (χ3n) is 1.18. The van der Waals surface area contributed by atoms with Crippen LogP contribution in [0.1, 0.15) is 33.1 Å². The Bertz CT molecular complexity index is 129. The number of hydrogen-bond acceptors (Lipinski definition) is 3. The Morgan fingerprint density at radius 2 is 1.83 bits per heavy atom. The van der Waals surface area contributed by atoms with E-state index in [9.17, 15) is 9.59 Å². The minimum absolute atomic E-state index is 0. The second-order valence-electron chi connectivity index (χ2n) is 2.27. The standard InChI is InChI=1S/C8H14O3.Zr/c1-3-5-7(9)6-8(10)11-4-2;/h3-6H2,1-2H3;. The summed E-state index contributed by atoms with van der Waals surface area (Å²) in [6.45, 7) is 3.98. The van der Waals surface area contributed by atoms with Crippen LogP contribution in [0.25, 0.3) is 0 Å². The van der Waals surface area contributed by atoms with Gasteiger partial charge in [0.2, 0.25) is 0 Å². The zero-order valence-electron chi connectivity index (χ0n) is 7.55. The van der Waals surface area contributed by atoms with Gasteiger partial charge in [0.15, 0.2) is 0 Å². The van der Waals surface area contributed by atoms with Crippen LogP contribution in [-0.2, 0) is 40.5 Å². The first-order chi connectivity index (χ1) is 5.20. The molecule has 0 aromatic carbocycles. The maximum absolute atomic E-state index is 10.8. The van der Waals surface area contributed by atoms with Gasteiger partial charge in [0.1, 0.15) is 12.2 Å². The fraction of sp³-hybridized carbons (Fsp3) is 0.750. The molecule has 0 unspecified atom stereocenters. The summed E-state index contributed by atoms with van der Waals surface area (Å²) in [4.78, 5) is 21.5. The molecular weight excluding hydrogens is 235 g/mol. The number of ketones is 1. The predicted octanol–water partition coefficient (Wildman–Crippen LogP) is 1.31. The Morgan fingerprint density at radius 1 is 1.25 bits per heavy atom. The van der Waals surface area contributed by atoms with Gasteiger partial charge < -0.3 is 4.74 Å². The SMILES string of the molecule is CCCC(=O)CC(=O)OCC.[Zr]. The zero-order chi connectivity index (χ0) is 8.69. The van der Waals surface area contributed by atoms with E-state index >= 15 is 0 Å². The smallest absolute Gasteiger partial charge is 0.313 e. The monoisotopic (exact) mass is 248 g/mol. The predicted molar refractivity (Wildman–Crippen MR) is 41.2 cm³/mol. The molecular formula is C8H14O3Zr. The van der Waals surface area contributed by atoms with Crippen molar-refractivity contribution in [3.8, 4) is 0 Å². The topological polar surface area (TPSA) is 43.4 Å². The van der Waals surface area contributed by atoms with Gasteiger partial charge in [0.05, 0.1) is 6.61 Å². The van der Waals surface area contributed by atoms with Gasteiger partial charge in [-0.1, -0.05) is 6.92 Å². The molecule has 0 radical (unpaired) electrons. The summed E-state index contributed by atoms with van der Waals surface area (Å²) < 4.78 is 4.60. The van der Waals surface area contributed by atoms with Crippen LogP contribution in [0, 0.1) is 0 Å². The van der Waals surface area contributed by atoms with Crippen LogP contribution in [0.5, 0.6) is 0 Å². The molecule has 4 heteroatoms. The van der Waals surface area contributed by atoms with Crippen molar-refractivity contribution in [3.63, 3.8) is 0 Å². The molecule has 0 amide bonds. The van der Waals surface area contributed by atoms with Crippen molar-refractivity contribution in [2.75, 3.05) is 6.61 Å². The van der Waals surface area contributed by atoms with Gasteiger partial charge >= 0.3 is 5.97 Å². The van der Waals surface area contributed by atoms with Crippen molar-refractivity contribution in [1.29, 1.82) is 0 Å². The minimum atomic E-state index is -0.411. The van der Waals surface area contributed by atoms with Crippen molar-refractivity contribution in [2.45, 2.75) is 33.1 Å². The molecule has 0 N–H and O–H groups in total. The van der Waals surface area contributed by atoms with Crippen LogP contribution in [0.15, 0.2) is 0 Å². The van der Waals surface area contributed by atoms with Gasteiger partial charge in [-0.15, -0.1) is 0 Å². The molecule has 0 aliphatic rings. The molecule has 68 valence electrons. The molecule has 0 atom stereocenters. The summed E-state index contributed by atoms with van der Waals surface area (Å²) in [5.74, 6) is -0.447. The van der Waals surface area contributed by atoms with Gasteiger partial charge in [0.25, 0.3) is 0 Å². The minimum Gasteiger partial charge on any atom is -0.466 e. The van der Waals surface area contributed by atoms with Crippen molar-refractivity contribution in [3.05, 3.63) is 0 Å². The van der Waals surface area contributed by atoms with E-state index in [2.05, 4.69) is 4.74 Å². The van der Waals surface area contributed by atoms with E-state index in [-0.39, 0.29) is 38.4 Å². The van der Waals surface area contributed by atoms with E-state index in [0.29, 0.717) is 13.0 Å². The second-order valence-corrected chi connectivity index (χ2v) is 2.27. The summed E-state index contributed by atoms with van der Waals surface area (Å²) >= 11 is 0. The number of ether oxygens (including phenoxy) is 1. The Hall–Kier alpha value is 0.0231.